The van der Waals surface area contributed by atoms with E-state index in [1.165, 1.54) is 6.08 Å². The van der Waals surface area contributed by atoms with E-state index in [0.717, 1.165) is 17.8 Å². The summed E-state index contributed by atoms with van der Waals surface area (Å²) in [5.74, 6) is -0.349. The van der Waals surface area contributed by atoms with Crippen LogP contribution in [0.1, 0.15) is 12.5 Å². The van der Waals surface area contributed by atoms with Crippen LogP contribution in [0.4, 0.5) is 5.69 Å². The minimum absolute atomic E-state index is 0.349. The largest absolute Gasteiger partial charge is 0.463 e. The van der Waals surface area contributed by atoms with Crippen LogP contribution >= 0.6 is 15.9 Å². The maximum atomic E-state index is 11.3. The summed E-state index contributed by atoms with van der Waals surface area (Å²) < 4.78 is 5.55. The summed E-state index contributed by atoms with van der Waals surface area (Å²) in [6.45, 7) is 6.52. The maximum absolute atomic E-state index is 11.3. The molecule has 1 aromatic carbocycles. The van der Waals surface area contributed by atoms with Gasteiger partial charge < -0.3 is 10.1 Å². The van der Waals surface area contributed by atoms with E-state index in [9.17, 15) is 4.79 Å². The van der Waals surface area contributed by atoms with Gasteiger partial charge in [-0.05, 0) is 40.5 Å². The molecule has 0 unspecified atom stereocenters. The number of hydrogen-bond donors (Lipinski definition) is 1. The van der Waals surface area contributed by atoms with E-state index in [2.05, 4.69) is 27.8 Å². The number of nitrogens with one attached hydrogen (secondary N) is 1. The molecule has 0 atom stereocenters. The molecule has 4 heteroatoms. The standard InChI is InChI=1S/C14H16BrNO2/c1-3-9-16-12-7-5-11(6-8-12)13(15)10-14(17)18-4-2/h3,5-8,10,16H,1,4,9H2,2H3. The van der Waals surface area contributed by atoms with E-state index in [0.29, 0.717) is 11.1 Å². The first-order valence-electron chi connectivity index (χ1n) is 5.66. The molecule has 0 aliphatic carbocycles. The molecule has 0 aromatic heterocycles. The van der Waals surface area contributed by atoms with Gasteiger partial charge in [-0.15, -0.1) is 6.58 Å². The predicted molar refractivity (Wildman–Crippen MR) is 78.7 cm³/mol. The first kappa shape index (κ1) is 14.5. The number of halogens is 1. The van der Waals surface area contributed by atoms with Crippen LogP contribution < -0.4 is 5.32 Å². The zero-order valence-electron chi connectivity index (χ0n) is 10.3. The molecule has 0 radical (unpaired) electrons. The molecule has 0 aliphatic heterocycles. The first-order chi connectivity index (χ1) is 8.67. The molecule has 0 spiro atoms. The number of hydrogen-bond acceptors (Lipinski definition) is 3. The molecule has 1 rings (SSSR count). The van der Waals surface area contributed by atoms with E-state index >= 15 is 0 Å². The summed E-state index contributed by atoms with van der Waals surface area (Å²) in [6, 6.07) is 7.73. The molecule has 0 saturated carbocycles. The molecule has 0 bridgehead atoms. The van der Waals surface area contributed by atoms with Crippen molar-refractivity contribution >= 4 is 32.1 Å². The fraction of sp³-hybridized carbons (Fsp3) is 0.214. The topological polar surface area (TPSA) is 38.3 Å². The summed E-state index contributed by atoms with van der Waals surface area (Å²) >= 11 is 3.36. The van der Waals surface area contributed by atoms with Crippen LogP contribution in [-0.2, 0) is 9.53 Å². The number of anilines is 1. The van der Waals surface area contributed by atoms with Crippen LogP contribution in [0.15, 0.2) is 43.0 Å². The van der Waals surface area contributed by atoms with Gasteiger partial charge in [-0.25, -0.2) is 4.79 Å². The van der Waals surface area contributed by atoms with E-state index in [1.54, 1.807) is 13.0 Å². The molecule has 1 N–H and O–H groups in total. The third-order valence-electron chi connectivity index (χ3n) is 2.14. The van der Waals surface area contributed by atoms with Crippen molar-refractivity contribution in [3.63, 3.8) is 0 Å². The Balaban J connectivity index is 2.72. The average molecular weight is 310 g/mol. The number of carbonyl (C=O) groups is 1. The van der Waals surface area contributed by atoms with E-state index < -0.39 is 0 Å². The Morgan fingerprint density at radius 2 is 2.11 bits per heavy atom. The number of ether oxygens (including phenoxy) is 1. The lowest BCUT2D eigenvalue weighted by Crippen LogP contribution is -2.00. The summed E-state index contributed by atoms with van der Waals surface area (Å²) in [5.41, 5.74) is 1.93. The van der Waals surface area contributed by atoms with Crippen molar-refractivity contribution in [2.75, 3.05) is 18.5 Å². The highest BCUT2D eigenvalue weighted by molar-refractivity contribution is 9.15. The quantitative estimate of drug-likeness (QED) is 0.496. The predicted octanol–water partition coefficient (Wildman–Crippen LogP) is 3.58. The van der Waals surface area contributed by atoms with E-state index in [4.69, 9.17) is 4.74 Å². The lowest BCUT2D eigenvalue weighted by atomic mass is 10.2. The smallest absolute Gasteiger partial charge is 0.331 e. The second-order valence-electron chi connectivity index (χ2n) is 3.49. The molecule has 0 saturated heterocycles. The van der Waals surface area contributed by atoms with Gasteiger partial charge in [0.1, 0.15) is 0 Å². The number of carbonyl (C=O) groups excluding carboxylic acids is 1. The lowest BCUT2D eigenvalue weighted by Gasteiger charge is -2.05. The third-order valence-corrected chi connectivity index (χ3v) is 2.83. The molecule has 0 amide bonds. The van der Waals surface area contributed by atoms with Crippen LogP contribution in [0, 0.1) is 0 Å². The summed E-state index contributed by atoms with van der Waals surface area (Å²) in [6.07, 6.45) is 3.22. The molecule has 1 aromatic rings. The van der Waals surface area contributed by atoms with Gasteiger partial charge in [0.25, 0.3) is 0 Å². The maximum Gasteiger partial charge on any atom is 0.331 e. The molecule has 3 nitrogen and oxygen atoms in total. The number of rotatable bonds is 6. The zero-order valence-corrected chi connectivity index (χ0v) is 11.9. The Morgan fingerprint density at radius 3 is 2.67 bits per heavy atom. The van der Waals surface area contributed by atoms with Crippen LogP contribution in [-0.4, -0.2) is 19.1 Å². The van der Waals surface area contributed by atoms with Crippen molar-refractivity contribution in [2.45, 2.75) is 6.92 Å². The van der Waals surface area contributed by atoms with Crippen molar-refractivity contribution in [1.29, 1.82) is 0 Å². The minimum atomic E-state index is -0.349. The Bertz CT molecular complexity index is 438. The molecule has 0 fully saturated rings. The monoisotopic (exact) mass is 309 g/mol. The Labute approximate surface area is 116 Å². The summed E-state index contributed by atoms with van der Waals surface area (Å²) in [4.78, 5) is 11.3. The zero-order chi connectivity index (χ0) is 13.4. The second kappa shape index (κ2) is 7.71. The normalized spacial score (nSPS) is 10.9. The van der Waals surface area contributed by atoms with Crippen LogP contribution in [0.5, 0.6) is 0 Å². The van der Waals surface area contributed by atoms with Crippen molar-refractivity contribution in [3.05, 3.63) is 48.6 Å². The summed E-state index contributed by atoms with van der Waals surface area (Å²) in [5, 5.41) is 3.18. The molecule has 96 valence electrons. The van der Waals surface area contributed by atoms with Gasteiger partial charge in [0.05, 0.1) is 6.61 Å². The van der Waals surface area contributed by atoms with Crippen molar-refractivity contribution in [2.24, 2.45) is 0 Å². The molecule has 0 heterocycles. The van der Waals surface area contributed by atoms with Gasteiger partial charge in [0.2, 0.25) is 0 Å². The molecule has 18 heavy (non-hydrogen) atoms. The highest BCUT2D eigenvalue weighted by Crippen LogP contribution is 2.22. The summed E-state index contributed by atoms with van der Waals surface area (Å²) in [7, 11) is 0. The van der Waals surface area contributed by atoms with Crippen LogP contribution in [0.3, 0.4) is 0 Å². The van der Waals surface area contributed by atoms with Gasteiger partial charge in [-0.3, -0.25) is 0 Å². The first-order valence-corrected chi connectivity index (χ1v) is 6.45. The van der Waals surface area contributed by atoms with Gasteiger partial charge in [-0.1, -0.05) is 18.2 Å². The highest BCUT2D eigenvalue weighted by atomic mass is 79.9. The average Bonchev–Trinajstić information content (AvgIpc) is 2.37. The Hall–Kier alpha value is -1.55. The molecule has 0 aliphatic rings. The van der Waals surface area contributed by atoms with E-state index in [-0.39, 0.29) is 5.97 Å². The molecular weight excluding hydrogens is 294 g/mol. The van der Waals surface area contributed by atoms with Crippen LogP contribution in [0.2, 0.25) is 0 Å². The minimum Gasteiger partial charge on any atom is -0.463 e. The van der Waals surface area contributed by atoms with Crippen molar-refractivity contribution in [1.82, 2.24) is 0 Å². The Morgan fingerprint density at radius 1 is 1.44 bits per heavy atom. The lowest BCUT2D eigenvalue weighted by molar-refractivity contribution is -0.137. The number of benzene rings is 1. The number of esters is 1. The van der Waals surface area contributed by atoms with Gasteiger partial charge in [-0.2, -0.15) is 0 Å². The Kier molecular flexibility index (Phi) is 6.22. The molecular formula is C14H16BrNO2. The van der Waals surface area contributed by atoms with E-state index in [1.807, 2.05) is 24.3 Å². The fourth-order valence-electron chi connectivity index (χ4n) is 1.31. The second-order valence-corrected chi connectivity index (χ2v) is 4.35. The SMILES string of the molecule is C=CCNc1ccc(C(Br)=CC(=O)OCC)cc1. The van der Waals surface area contributed by atoms with Crippen molar-refractivity contribution < 1.29 is 9.53 Å². The van der Waals surface area contributed by atoms with Gasteiger partial charge in [0, 0.05) is 22.8 Å². The highest BCUT2D eigenvalue weighted by Gasteiger charge is 2.02. The third kappa shape index (κ3) is 4.75. The van der Waals surface area contributed by atoms with Gasteiger partial charge >= 0.3 is 5.97 Å². The fourth-order valence-corrected chi connectivity index (χ4v) is 1.76. The van der Waals surface area contributed by atoms with Crippen molar-refractivity contribution in [3.8, 4) is 0 Å². The van der Waals surface area contributed by atoms with Gasteiger partial charge in [0.15, 0.2) is 0 Å². The van der Waals surface area contributed by atoms with Crippen LogP contribution in [0.25, 0.3) is 4.48 Å².